The van der Waals surface area contributed by atoms with Crippen molar-refractivity contribution in [3.05, 3.63) is 30.3 Å². The van der Waals surface area contributed by atoms with Crippen LogP contribution < -0.4 is 0 Å². The Balaban J connectivity index is 1.59. The minimum Gasteiger partial charge on any atom is -0.353 e. The fraction of sp³-hybridized carbons (Fsp3) is 0.625. The van der Waals surface area contributed by atoms with Crippen molar-refractivity contribution in [2.75, 3.05) is 19.0 Å². The normalized spacial score (nSPS) is 19.5. The van der Waals surface area contributed by atoms with Gasteiger partial charge in [-0.2, -0.15) is 0 Å². The van der Waals surface area contributed by atoms with Crippen molar-refractivity contribution in [2.45, 2.75) is 49.7 Å². The molecule has 0 aromatic heterocycles. The summed E-state index contributed by atoms with van der Waals surface area (Å²) in [7, 11) is -3.13. The van der Waals surface area contributed by atoms with Gasteiger partial charge in [0.2, 0.25) is 0 Å². The maximum absolute atomic E-state index is 12.1. The van der Waals surface area contributed by atoms with Gasteiger partial charge in [-0.25, -0.2) is 8.42 Å². The molecule has 21 heavy (non-hydrogen) atoms. The van der Waals surface area contributed by atoms with E-state index in [-0.39, 0.29) is 12.0 Å². The maximum atomic E-state index is 12.1. The highest BCUT2D eigenvalue weighted by Crippen LogP contribution is 2.15. The molecule has 1 heterocycles. The smallest absolute Gasteiger partial charge is 0.178 e. The van der Waals surface area contributed by atoms with Crippen molar-refractivity contribution >= 4 is 9.84 Å². The van der Waals surface area contributed by atoms with Gasteiger partial charge in [-0.05, 0) is 44.2 Å². The monoisotopic (exact) mass is 312 g/mol. The Kier molecular flexibility index (Phi) is 6.67. The fourth-order valence-electron chi connectivity index (χ4n) is 2.37. The highest BCUT2D eigenvalue weighted by molar-refractivity contribution is 7.91. The first-order chi connectivity index (χ1) is 10.2. The molecule has 1 saturated heterocycles. The first-order valence-electron chi connectivity index (χ1n) is 7.69. The molecule has 118 valence electrons. The molecule has 0 aliphatic carbocycles. The predicted octanol–water partition coefficient (Wildman–Crippen LogP) is 3.17. The minimum absolute atomic E-state index is 0.0493. The summed E-state index contributed by atoms with van der Waals surface area (Å²) in [4.78, 5) is 0.414. The molecule has 2 rings (SSSR count). The quantitative estimate of drug-likeness (QED) is 0.692. The molecule has 1 aromatic carbocycles. The molecule has 0 radical (unpaired) electrons. The van der Waals surface area contributed by atoms with Crippen molar-refractivity contribution in [1.82, 2.24) is 0 Å². The summed E-state index contributed by atoms with van der Waals surface area (Å²) in [5.74, 6) is 0.205. The number of hydrogen-bond acceptors (Lipinski definition) is 4. The lowest BCUT2D eigenvalue weighted by atomic mass is 10.2. The van der Waals surface area contributed by atoms with E-state index in [1.165, 1.54) is 6.42 Å². The van der Waals surface area contributed by atoms with Crippen molar-refractivity contribution in [3.63, 3.8) is 0 Å². The van der Waals surface area contributed by atoms with Crippen molar-refractivity contribution in [1.29, 1.82) is 0 Å². The number of rotatable bonds is 8. The molecule has 1 aliphatic heterocycles. The molecule has 1 atom stereocenters. The Hall–Kier alpha value is -0.910. The van der Waals surface area contributed by atoms with Crippen LogP contribution in [0.3, 0.4) is 0 Å². The fourth-order valence-corrected chi connectivity index (χ4v) is 3.77. The molecule has 5 heteroatoms. The van der Waals surface area contributed by atoms with Gasteiger partial charge in [-0.3, -0.25) is 0 Å². The third kappa shape index (κ3) is 5.77. The second kappa shape index (κ2) is 8.51. The van der Waals surface area contributed by atoms with Gasteiger partial charge in [0.15, 0.2) is 16.1 Å². The topological polar surface area (TPSA) is 52.6 Å². The summed E-state index contributed by atoms with van der Waals surface area (Å²) in [5, 5.41) is 0. The van der Waals surface area contributed by atoms with E-state index >= 15 is 0 Å². The Morgan fingerprint density at radius 1 is 1.10 bits per heavy atom. The van der Waals surface area contributed by atoms with E-state index in [0.717, 1.165) is 32.3 Å². The highest BCUT2D eigenvalue weighted by atomic mass is 32.2. The first-order valence-corrected chi connectivity index (χ1v) is 9.35. The van der Waals surface area contributed by atoms with Crippen LogP contribution in [0.1, 0.15) is 38.5 Å². The molecule has 0 saturated carbocycles. The SMILES string of the molecule is O=S(=O)(CCCCCOC1CCCCO1)c1ccccc1. The van der Waals surface area contributed by atoms with Crippen LogP contribution in [0.2, 0.25) is 0 Å². The van der Waals surface area contributed by atoms with Gasteiger partial charge in [0.25, 0.3) is 0 Å². The van der Waals surface area contributed by atoms with E-state index in [1.807, 2.05) is 6.07 Å². The van der Waals surface area contributed by atoms with E-state index in [0.29, 0.717) is 17.9 Å². The van der Waals surface area contributed by atoms with Gasteiger partial charge in [0.05, 0.1) is 10.6 Å². The van der Waals surface area contributed by atoms with Gasteiger partial charge < -0.3 is 9.47 Å². The van der Waals surface area contributed by atoms with Gasteiger partial charge in [-0.1, -0.05) is 24.6 Å². The average Bonchev–Trinajstić information content (AvgIpc) is 2.52. The standard InChI is InChI=1S/C16H24O4S/c17-21(18,15-9-3-1-4-10-15)14-8-2-6-12-19-16-11-5-7-13-20-16/h1,3-4,9-10,16H,2,5-8,11-14H2. The van der Waals surface area contributed by atoms with E-state index < -0.39 is 9.84 Å². The minimum atomic E-state index is -3.13. The summed E-state index contributed by atoms with van der Waals surface area (Å²) >= 11 is 0. The van der Waals surface area contributed by atoms with Gasteiger partial charge in [-0.15, -0.1) is 0 Å². The highest BCUT2D eigenvalue weighted by Gasteiger charge is 2.14. The molecule has 4 nitrogen and oxygen atoms in total. The van der Waals surface area contributed by atoms with Crippen molar-refractivity contribution < 1.29 is 17.9 Å². The Labute approximate surface area is 127 Å². The zero-order chi connectivity index (χ0) is 15.0. The second-order valence-corrected chi connectivity index (χ2v) is 7.47. The third-order valence-corrected chi connectivity index (χ3v) is 5.42. The van der Waals surface area contributed by atoms with Crippen LogP contribution in [-0.4, -0.2) is 33.7 Å². The molecule has 1 aliphatic rings. The molecule has 0 N–H and O–H groups in total. The van der Waals surface area contributed by atoms with E-state index in [4.69, 9.17) is 9.47 Å². The lowest BCUT2D eigenvalue weighted by molar-refractivity contribution is -0.162. The van der Waals surface area contributed by atoms with Crippen LogP contribution in [0.25, 0.3) is 0 Å². The van der Waals surface area contributed by atoms with E-state index in [9.17, 15) is 8.42 Å². The van der Waals surface area contributed by atoms with Gasteiger partial charge >= 0.3 is 0 Å². The Morgan fingerprint density at radius 3 is 2.62 bits per heavy atom. The molecule has 1 unspecified atom stereocenters. The van der Waals surface area contributed by atoms with E-state index in [1.54, 1.807) is 24.3 Å². The largest absolute Gasteiger partial charge is 0.353 e. The summed E-state index contributed by atoms with van der Waals surface area (Å²) < 4.78 is 35.2. The van der Waals surface area contributed by atoms with Crippen LogP contribution in [0, 0.1) is 0 Å². The number of unbranched alkanes of at least 4 members (excludes halogenated alkanes) is 2. The maximum Gasteiger partial charge on any atom is 0.178 e. The molecule has 0 amide bonds. The average molecular weight is 312 g/mol. The lowest BCUT2D eigenvalue weighted by Gasteiger charge is -2.22. The summed E-state index contributed by atoms with van der Waals surface area (Å²) in [6, 6.07) is 8.64. The molecule has 0 bridgehead atoms. The van der Waals surface area contributed by atoms with Crippen LogP contribution in [0.15, 0.2) is 35.2 Å². The summed E-state index contributed by atoms with van der Waals surface area (Å²) in [6.45, 7) is 1.44. The van der Waals surface area contributed by atoms with E-state index in [2.05, 4.69) is 0 Å². The molecule has 1 fully saturated rings. The lowest BCUT2D eigenvalue weighted by Crippen LogP contribution is -2.22. The van der Waals surface area contributed by atoms with Crippen LogP contribution >= 0.6 is 0 Å². The van der Waals surface area contributed by atoms with Crippen molar-refractivity contribution in [2.24, 2.45) is 0 Å². The zero-order valence-corrected chi connectivity index (χ0v) is 13.2. The van der Waals surface area contributed by atoms with Crippen LogP contribution in [0.5, 0.6) is 0 Å². The van der Waals surface area contributed by atoms with Gasteiger partial charge in [0.1, 0.15) is 0 Å². The van der Waals surface area contributed by atoms with Gasteiger partial charge in [0, 0.05) is 13.2 Å². The number of benzene rings is 1. The third-order valence-electron chi connectivity index (χ3n) is 3.60. The summed E-state index contributed by atoms with van der Waals surface area (Å²) in [6.07, 6.45) is 5.63. The Bertz CT molecular complexity index is 492. The predicted molar refractivity (Wildman–Crippen MR) is 81.9 cm³/mol. The zero-order valence-electron chi connectivity index (χ0n) is 12.4. The molecule has 0 spiro atoms. The van der Waals surface area contributed by atoms with Crippen molar-refractivity contribution in [3.8, 4) is 0 Å². The number of sulfone groups is 1. The molecular formula is C16H24O4S. The van der Waals surface area contributed by atoms with Crippen LogP contribution in [0.4, 0.5) is 0 Å². The number of ether oxygens (including phenoxy) is 2. The van der Waals surface area contributed by atoms with Crippen LogP contribution in [-0.2, 0) is 19.3 Å². The summed E-state index contributed by atoms with van der Waals surface area (Å²) in [5.41, 5.74) is 0. The second-order valence-electron chi connectivity index (χ2n) is 5.36. The number of hydrogen-bond donors (Lipinski definition) is 0. The molecular weight excluding hydrogens is 288 g/mol. The molecule has 1 aromatic rings. The first kappa shape index (κ1) is 16.5. The Morgan fingerprint density at radius 2 is 1.90 bits per heavy atom.